The van der Waals surface area contributed by atoms with Gasteiger partial charge in [0.25, 0.3) is 8.32 Å². The second-order valence-electron chi connectivity index (χ2n) is 7.10. The smallest absolute Gasteiger partial charge is 0.369 e. The van der Waals surface area contributed by atoms with Crippen LogP contribution >= 0.6 is 0 Å². The lowest BCUT2D eigenvalue weighted by Crippen LogP contribution is -2.41. The zero-order chi connectivity index (χ0) is 14.7. The van der Waals surface area contributed by atoms with Crippen molar-refractivity contribution in [2.24, 2.45) is 5.92 Å². The molecule has 3 nitrogen and oxygen atoms in total. The first kappa shape index (κ1) is 16.3. The van der Waals surface area contributed by atoms with Crippen LogP contribution in [0.25, 0.3) is 0 Å². The van der Waals surface area contributed by atoms with Crippen molar-refractivity contribution in [3.63, 3.8) is 0 Å². The zero-order valence-electron chi connectivity index (χ0n) is 13.0. The molecule has 0 saturated heterocycles. The van der Waals surface area contributed by atoms with Gasteiger partial charge in [0.05, 0.1) is 0 Å². The summed E-state index contributed by atoms with van der Waals surface area (Å²) in [6, 6.07) is 0. The quantitative estimate of drug-likeness (QED) is 0.468. The average molecular weight is 284 g/mol. The Morgan fingerprint density at radius 3 is 2.16 bits per heavy atom. The van der Waals surface area contributed by atoms with E-state index in [4.69, 9.17) is 4.43 Å². The first-order valence-electron chi connectivity index (χ1n) is 7.27. The van der Waals surface area contributed by atoms with Crippen molar-refractivity contribution in [2.45, 2.75) is 71.0 Å². The zero-order valence-corrected chi connectivity index (χ0v) is 14.0. The second-order valence-corrected chi connectivity index (χ2v) is 11.8. The topological polar surface area (TPSA) is 46.5 Å². The molecule has 0 atom stereocenters. The first-order chi connectivity index (χ1) is 8.63. The van der Waals surface area contributed by atoms with Crippen molar-refractivity contribution in [3.8, 4) is 0 Å². The Kier molecular flexibility index (Phi) is 5.24. The SMILES string of the molecule is CC(C)(C)[Si](C)(C)OC(=CC1CCCCC1)C(=O)O. The van der Waals surface area contributed by atoms with Gasteiger partial charge in [-0.25, -0.2) is 4.79 Å². The van der Waals surface area contributed by atoms with Crippen molar-refractivity contribution in [1.82, 2.24) is 0 Å². The molecule has 0 bridgehead atoms. The van der Waals surface area contributed by atoms with E-state index >= 15 is 0 Å². The second kappa shape index (κ2) is 6.12. The highest BCUT2D eigenvalue weighted by molar-refractivity contribution is 6.74. The fourth-order valence-corrected chi connectivity index (χ4v) is 3.10. The van der Waals surface area contributed by atoms with Gasteiger partial charge >= 0.3 is 5.97 Å². The molecule has 0 amide bonds. The van der Waals surface area contributed by atoms with Gasteiger partial charge in [0.2, 0.25) is 0 Å². The van der Waals surface area contributed by atoms with Crippen LogP contribution in [-0.4, -0.2) is 19.4 Å². The summed E-state index contributed by atoms with van der Waals surface area (Å²) in [5.41, 5.74) is 0. The van der Waals surface area contributed by atoms with Crippen molar-refractivity contribution in [3.05, 3.63) is 11.8 Å². The fourth-order valence-electron chi connectivity index (χ4n) is 2.09. The minimum atomic E-state index is -2.06. The van der Waals surface area contributed by atoms with Gasteiger partial charge in [-0.3, -0.25) is 0 Å². The Morgan fingerprint density at radius 2 is 1.74 bits per heavy atom. The number of allylic oxidation sites excluding steroid dienone is 1. The normalized spacial score (nSPS) is 19.3. The summed E-state index contributed by atoms with van der Waals surface area (Å²) < 4.78 is 5.97. The number of hydrogen-bond donors (Lipinski definition) is 1. The summed E-state index contributed by atoms with van der Waals surface area (Å²) in [5, 5.41) is 9.38. The number of hydrogen-bond acceptors (Lipinski definition) is 2. The molecular formula is C15H28O3Si. The Balaban J connectivity index is 2.83. The van der Waals surface area contributed by atoms with Gasteiger partial charge in [-0.05, 0) is 43.0 Å². The third-order valence-corrected chi connectivity index (χ3v) is 8.76. The molecule has 19 heavy (non-hydrogen) atoms. The molecule has 110 valence electrons. The summed E-state index contributed by atoms with van der Waals surface area (Å²) in [5.74, 6) is -0.362. The number of aliphatic carboxylic acids is 1. The lowest BCUT2D eigenvalue weighted by molar-refractivity contribution is -0.135. The molecule has 0 aromatic heterocycles. The van der Waals surface area contributed by atoms with Crippen LogP contribution in [0, 0.1) is 5.92 Å². The van der Waals surface area contributed by atoms with E-state index in [1.807, 2.05) is 6.08 Å². The molecule has 0 unspecified atom stereocenters. The third-order valence-electron chi connectivity index (χ3n) is 4.42. The summed E-state index contributed by atoms with van der Waals surface area (Å²) in [6.45, 7) is 10.5. The third kappa shape index (κ3) is 4.68. The van der Waals surface area contributed by atoms with Crippen LogP contribution in [0.15, 0.2) is 11.8 Å². The molecule has 0 radical (unpaired) electrons. The molecule has 1 aliphatic carbocycles. The number of carbonyl (C=O) groups is 1. The standard InChI is InChI=1S/C15H28O3Si/c1-15(2,3)19(4,5)18-13(14(16)17)11-12-9-7-6-8-10-12/h11-12H,6-10H2,1-5H3,(H,16,17). The molecule has 1 fully saturated rings. The van der Waals surface area contributed by atoms with Crippen LogP contribution in [0.4, 0.5) is 0 Å². The minimum Gasteiger partial charge on any atom is -0.539 e. The highest BCUT2D eigenvalue weighted by Crippen LogP contribution is 2.38. The van der Waals surface area contributed by atoms with E-state index < -0.39 is 14.3 Å². The predicted molar refractivity (Wildman–Crippen MR) is 80.6 cm³/mol. The van der Waals surface area contributed by atoms with E-state index in [1.54, 1.807) is 0 Å². The maximum atomic E-state index is 11.4. The van der Waals surface area contributed by atoms with E-state index in [0.29, 0.717) is 5.92 Å². The van der Waals surface area contributed by atoms with E-state index in [0.717, 1.165) is 12.8 Å². The van der Waals surface area contributed by atoms with Gasteiger partial charge in [0.15, 0.2) is 5.76 Å². The summed E-state index contributed by atoms with van der Waals surface area (Å²) in [7, 11) is -2.06. The van der Waals surface area contributed by atoms with E-state index in [-0.39, 0.29) is 10.8 Å². The highest BCUT2D eigenvalue weighted by Gasteiger charge is 2.40. The Morgan fingerprint density at radius 1 is 1.21 bits per heavy atom. The summed E-state index contributed by atoms with van der Waals surface area (Å²) >= 11 is 0. The Hall–Kier alpha value is -0.773. The molecule has 0 aromatic rings. The van der Waals surface area contributed by atoms with Crippen LogP contribution in [0.2, 0.25) is 18.1 Å². The summed E-state index contributed by atoms with van der Waals surface area (Å²) in [6.07, 6.45) is 7.73. The van der Waals surface area contributed by atoms with E-state index in [1.165, 1.54) is 19.3 Å². The van der Waals surface area contributed by atoms with Crippen LogP contribution in [-0.2, 0) is 9.22 Å². The Bertz CT molecular complexity index is 347. The molecule has 1 aliphatic rings. The van der Waals surface area contributed by atoms with Crippen molar-refractivity contribution >= 4 is 14.3 Å². The van der Waals surface area contributed by atoms with E-state index in [9.17, 15) is 9.90 Å². The van der Waals surface area contributed by atoms with Crippen molar-refractivity contribution in [2.75, 3.05) is 0 Å². The van der Waals surface area contributed by atoms with Gasteiger partial charge in [-0.1, -0.05) is 40.0 Å². The number of carboxylic acids is 1. The molecule has 1 saturated carbocycles. The molecule has 1 N–H and O–H groups in total. The van der Waals surface area contributed by atoms with Crippen LogP contribution < -0.4 is 0 Å². The van der Waals surface area contributed by atoms with Crippen LogP contribution in [0.3, 0.4) is 0 Å². The van der Waals surface area contributed by atoms with Gasteiger partial charge in [0.1, 0.15) is 0 Å². The lowest BCUT2D eigenvalue weighted by Gasteiger charge is -2.36. The molecule has 0 heterocycles. The van der Waals surface area contributed by atoms with Gasteiger partial charge in [-0.15, -0.1) is 0 Å². The van der Waals surface area contributed by atoms with Gasteiger partial charge in [0, 0.05) is 0 Å². The number of rotatable bonds is 4. The van der Waals surface area contributed by atoms with Crippen molar-refractivity contribution < 1.29 is 14.3 Å². The van der Waals surface area contributed by atoms with Crippen LogP contribution in [0.1, 0.15) is 52.9 Å². The van der Waals surface area contributed by atoms with Gasteiger partial charge < -0.3 is 9.53 Å². The van der Waals surface area contributed by atoms with Crippen molar-refractivity contribution in [1.29, 1.82) is 0 Å². The lowest BCUT2D eigenvalue weighted by atomic mass is 9.89. The minimum absolute atomic E-state index is 0.0219. The molecule has 0 spiro atoms. The molecule has 4 heteroatoms. The molecular weight excluding hydrogens is 256 g/mol. The maximum Gasteiger partial charge on any atom is 0.369 e. The summed E-state index contributed by atoms with van der Waals surface area (Å²) in [4.78, 5) is 11.4. The molecule has 0 aromatic carbocycles. The van der Waals surface area contributed by atoms with E-state index in [2.05, 4.69) is 33.9 Å². The highest BCUT2D eigenvalue weighted by atomic mass is 28.4. The largest absolute Gasteiger partial charge is 0.539 e. The first-order valence-corrected chi connectivity index (χ1v) is 10.2. The molecule has 1 rings (SSSR count). The number of carboxylic acid groups (broad SMARTS) is 1. The average Bonchev–Trinajstić information content (AvgIpc) is 2.27. The van der Waals surface area contributed by atoms with Crippen LogP contribution in [0.5, 0.6) is 0 Å². The van der Waals surface area contributed by atoms with Gasteiger partial charge in [-0.2, -0.15) is 0 Å². The molecule has 0 aliphatic heterocycles. The monoisotopic (exact) mass is 284 g/mol. The Labute approximate surface area is 118 Å². The maximum absolute atomic E-state index is 11.4. The predicted octanol–water partition coefficient (Wildman–Crippen LogP) is 4.56. The fraction of sp³-hybridized carbons (Fsp3) is 0.800.